The van der Waals surface area contributed by atoms with Gasteiger partial charge in [0.2, 0.25) is 0 Å². The summed E-state index contributed by atoms with van der Waals surface area (Å²) in [5.41, 5.74) is 1.97. The molecule has 0 N–H and O–H groups in total. The molecule has 0 unspecified atom stereocenters. The second kappa shape index (κ2) is 8.59. The summed E-state index contributed by atoms with van der Waals surface area (Å²) in [5.74, 6) is 0. The van der Waals surface area contributed by atoms with Gasteiger partial charge in [-0.15, -0.1) is 0 Å². The lowest BCUT2D eigenvalue weighted by Gasteiger charge is -2.32. The molecule has 0 aromatic heterocycles. The lowest BCUT2D eigenvalue weighted by atomic mass is 9.60. The number of benzene rings is 3. The average Bonchev–Trinajstić information content (AvgIpc) is 3.16. The van der Waals surface area contributed by atoms with Gasteiger partial charge in [-0.05, 0) is 94.3 Å². The van der Waals surface area contributed by atoms with Gasteiger partial charge >= 0.3 is 14.2 Å². The van der Waals surface area contributed by atoms with Crippen molar-refractivity contribution < 1.29 is 18.6 Å². The van der Waals surface area contributed by atoms with Crippen LogP contribution >= 0.6 is 0 Å². The maximum Gasteiger partial charge on any atom is 0.495 e. The second-order valence-corrected chi connectivity index (χ2v) is 11.9. The molecule has 0 amide bonds. The van der Waals surface area contributed by atoms with Crippen LogP contribution in [0.2, 0.25) is 0 Å². The van der Waals surface area contributed by atoms with Crippen molar-refractivity contribution in [3.63, 3.8) is 0 Å². The van der Waals surface area contributed by atoms with Crippen LogP contribution in [0, 0.1) is 0 Å². The van der Waals surface area contributed by atoms with Gasteiger partial charge < -0.3 is 18.6 Å². The standard InChI is InChI=1S/C30H36B2O4/c1-27(2)28(3,4)34-31(33-27)25(22-15-10-9-11-16-22)26(32-35-29(5,6)30(7,8)36-32)24-19-18-21-14-12-13-17-23(21)20-24/h9-20H,1-8H3/b26-25-. The molecule has 4 nitrogen and oxygen atoms in total. The Kier molecular flexibility index (Phi) is 6.04. The van der Waals surface area contributed by atoms with Gasteiger partial charge in [-0.1, -0.05) is 66.7 Å². The fourth-order valence-corrected chi connectivity index (χ4v) is 4.73. The van der Waals surface area contributed by atoms with E-state index in [1.165, 1.54) is 5.39 Å². The molecule has 3 aromatic rings. The van der Waals surface area contributed by atoms with Crippen molar-refractivity contribution in [2.24, 2.45) is 0 Å². The fraction of sp³-hybridized carbons (Fsp3) is 0.400. The van der Waals surface area contributed by atoms with Gasteiger partial charge in [0.25, 0.3) is 0 Å². The van der Waals surface area contributed by atoms with E-state index in [0.29, 0.717) is 0 Å². The fourth-order valence-electron chi connectivity index (χ4n) is 4.73. The number of fused-ring (bicyclic) bond motifs is 1. The molecule has 0 saturated carbocycles. The van der Waals surface area contributed by atoms with Gasteiger partial charge in [0.05, 0.1) is 22.4 Å². The maximum atomic E-state index is 6.67. The summed E-state index contributed by atoms with van der Waals surface area (Å²) in [4.78, 5) is 0. The number of hydrogen-bond donors (Lipinski definition) is 0. The predicted molar refractivity (Wildman–Crippen MR) is 149 cm³/mol. The molecule has 2 aliphatic rings. The summed E-state index contributed by atoms with van der Waals surface area (Å²) in [6.07, 6.45) is 0. The molecule has 0 spiro atoms. The van der Waals surface area contributed by atoms with Crippen molar-refractivity contribution >= 4 is 36.0 Å². The Morgan fingerprint density at radius 2 is 0.889 bits per heavy atom. The first-order valence-corrected chi connectivity index (χ1v) is 12.8. The first-order chi connectivity index (χ1) is 16.8. The molecule has 36 heavy (non-hydrogen) atoms. The van der Waals surface area contributed by atoms with E-state index in [2.05, 4.69) is 110 Å². The first kappa shape index (κ1) is 25.3. The molecule has 3 aromatic carbocycles. The highest BCUT2D eigenvalue weighted by Gasteiger charge is 2.57. The SMILES string of the molecule is CC1(C)OB(/C(=C(\B2OC(C)(C)C(C)(C)O2)c2ccc3ccccc3c2)c2ccccc2)OC1(C)C. The summed E-state index contributed by atoms with van der Waals surface area (Å²) >= 11 is 0. The molecule has 2 fully saturated rings. The Bertz CT molecular complexity index is 1280. The smallest absolute Gasteiger partial charge is 0.399 e. The van der Waals surface area contributed by atoms with Crippen molar-refractivity contribution in [3.05, 3.63) is 83.9 Å². The minimum Gasteiger partial charge on any atom is -0.399 e. The molecule has 6 heteroatoms. The van der Waals surface area contributed by atoms with E-state index in [4.69, 9.17) is 18.6 Å². The van der Waals surface area contributed by atoms with Gasteiger partial charge in [0, 0.05) is 0 Å². The van der Waals surface area contributed by atoms with Crippen LogP contribution in [0.4, 0.5) is 0 Å². The molecule has 0 bridgehead atoms. The Balaban J connectivity index is 1.79. The largest absolute Gasteiger partial charge is 0.495 e. The third-order valence-corrected chi connectivity index (χ3v) is 8.41. The van der Waals surface area contributed by atoms with Crippen LogP contribution in [0.5, 0.6) is 0 Å². The summed E-state index contributed by atoms with van der Waals surface area (Å²) in [6, 6.07) is 25.2. The van der Waals surface area contributed by atoms with Crippen LogP contribution in [0.15, 0.2) is 72.8 Å². The zero-order chi connectivity index (χ0) is 25.9. The van der Waals surface area contributed by atoms with Crippen LogP contribution < -0.4 is 0 Å². The monoisotopic (exact) mass is 482 g/mol. The van der Waals surface area contributed by atoms with Crippen LogP contribution in [-0.2, 0) is 18.6 Å². The van der Waals surface area contributed by atoms with Crippen molar-refractivity contribution in [3.8, 4) is 0 Å². The summed E-state index contributed by atoms with van der Waals surface area (Å²) in [5, 5.41) is 2.34. The number of hydrogen-bond acceptors (Lipinski definition) is 4. The molecule has 0 radical (unpaired) electrons. The zero-order valence-corrected chi connectivity index (χ0v) is 22.7. The first-order valence-electron chi connectivity index (χ1n) is 12.8. The van der Waals surface area contributed by atoms with Gasteiger partial charge in [-0.2, -0.15) is 0 Å². The minimum atomic E-state index is -0.592. The normalized spacial score (nSPS) is 22.7. The van der Waals surface area contributed by atoms with Crippen molar-refractivity contribution in [2.75, 3.05) is 0 Å². The average molecular weight is 482 g/mol. The van der Waals surface area contributed by atoms with Crippen molar-refractivity contribution in [1.29, 1.82) is 0 Å². The topological polar surface area (TPSA) is 36.9 Å². The molecule has 0 atom stereocenters. The van der Waals surface area contributed by atoms with Gasteiger partial charge in [-0.3, -0.25) is 0 Å². The lowest BCUT2D eigenvalue weighted by Crippen LogP contribution is -2.41. The minimum absolute atomic E-state index is 0.484. The third kappa shape index (κ3) is 4.24. The van der Waals surface area contributed by atoms with Crippen LogP contribution in [0.25, 0.3) is 21.7 Å². The summed E-state index contributed by atoms with van der Waals surface area (Å²) in [6.45, 7) is 16.7. The van der Waals surface area contributed by atoms with Crippen LogP contribution in [0.3, 0.4) is 0 Å². The molecule has 2 heterocycles. The molecular formula is C30H36B2O4. The third-order valence-electron chi connectivity index (χ3n) is 8.41. The van der Waals surface area contributed by atoms with Crippen molar-refractivity contribution in [2.45, 2.75) is 77.8 Å². The van der Waals surface area contributed by atoms with E-state index in [9.17, 15) is 0 Å². The molecular weight excluding hydrogens is 446 g/mol. The molecule has 0 aliphatic carbocycles. The lowest BCUT2D eigenvalue weighted by molar-refractivity contribution is 0.00578. The van der Waals surface area contributed by atoms with Crippen molar-refractivity contribution in [1.82, 2.24) is 0 Å². The Morgan fingerprint density at radius 1 is 0.472 bits per heavy atom. The van der Waals surface area contributed by atoms with E-state index >= 15 is 0 Å². The zero-order valence-electron chi connectivity index (χ0n) is 22.7. The second-order valence-electron chi connectivity index (χ2n) is 11.9. The van der Waals surface area contributed by atoms with E-state index in [0.717, 1.165) is 27.5 Å². The molecule has 2 saturated heterocycles. The van der Waals surface area contributed by atoms with E-state index < -0.39 is 36.6 Å². The van der Waals surface area contributed by atoms with E-state index in [1.807, 2.05) is 18.2 Å². The Labute approximate surface area is 216 Å². The Morgan fingerprint density at radius 3 is 1.39 bits per heavy atom. The van der Waals surface area contributed by atoms with E-state index in [1.54, 1.807) is 0 Å². The molecule has 5 rings (SSSR count). The van der Waals surface area contributed by atoms with E-state index in [-0.39, 0.29) is 0 Å². The summed E-state index contributed by atoms with van der Waals surface area (Å²) < 4.78 is 26.6. The van der Waals surface area contributed by atoms with Crippen LogP contribution in [-0.4, -0.2) is 36.6 Å². The number of rotatable bonds is 4. The highest BCUT2D eigenvalue weighted by Crippen LogP contribution is 2.47. The summed E-state index contributed by atoms with van der Waals surface area (Å²) in [7, 11) is -1.18. The predicted octanol–water partition coefficient (Wildman–Crippen LogP) is 7.01. The highest BCUT2D eigenvalue weighted by atomic mass is 16.7. The van der Waals surface area contributed by atoms with Gasteiger partial charge in [0.15, 0.2) is 0 Å². The quantitative estimate of drug-likeness (QED) is 0.296. The maximum absolute atomic E-state index is 6.67. The van der Waals surface area contributed by atoms with Gasteiger partial charge in [-0.25, -0.2) is 0 Å². The Hall–Kier alpha value is -2.37. The molecule has 2 aliphatic heterocycles. The highest BCUT2D eigenvalue weighted by molar-refractivity contribution is 6.82. The van der Waals surface area contributed by atoms with Gasteiger partial charge in [0.1, 0.15) is 0 Å². The van der Waals surface area contributed by atoms with Crippen LogP contribution in [0.1, 0.15) is 66.5 Å². The molecule has 186 valence electrons.